The van der Waals surface area contributed by atoms with Gasteiger partial charge in [-0.15, -0.1) is 24.0 Å². The largest absolute Gasteiger partial charge is 0.370 e. The number of guanidine groups is 1. The molecule has 0 radical (unpaired) electrons. The van der Waals surface area contributed by atoms with Gasteiger partial charge in [-0.25, -0.2) is 9.98 Å². The predicted octanol–water partition coefficient (Wildman–Crippen LogP) is 2.81. The molecule has 0 spiro atoms. The van der Waals surface area contributed by atoms with Crippen LogP contribution in [-0.4, -0.2) is 30.6 Å². The number of rotatable bonds is 6. The van der Waals surface area contributed by atoms with Gasteiger partial charge in [0.15, 0.2) is 11.1 Å². The van der Waals surface area contributed by atoms with Crippen LogP contribution >= 0.6 is 35.3 Å². The second kappa shape index (κ2) is 8.83. The zero-order valence-corrected chi connectivity index (χ0v) is 15.1. The van der Waals surface area contributed by atoms with Crippen LogP contribution in [0.5, 0.6) is 0 Å². The van der Waals surface area contributed by atoms with Crippen LogP contribution in [0.15, 0.2) is 41.4 Å². The SMILES string of the molecule is C=C(C)CN=C(N)NCCNc1nc2ccccc2s1.I. The van der Waals surface area contributed by atoms with Gasteiger partial charge in [-0.2, -0.15) is 0 Å². The first-order valence-corrected chi connectivity index (χ1v) is 7.24. The van der Waals surface area contributed by atoms with E-state index in [1.807, 2.05) is 25.1 Å². The molecule has 0 amide bonds. The molecule has 0 unspecified atom stereocenters. The van der Waals surface area contributed by atoms with E-state index in [1.54, 1.807) is 11.3 Å². The van der Waals surface area contributed by atoms with E-state index in [0.29, 0.717) is 19.0 Å². The van der Waals surface area contributed by atoms with Crippen molar-refractivity contribution >= 4 is 56.6 Å². The van der Waals surface area contributed by atoms with Gasteiger partial charge in [-0.3, -0.25) is 0 Å². The Bertz CT molecular complexity index is 590. The van der Waals surface area contributed by atoms with Crippen molar-refractivity contribution in [3.8, 4) is 0 Å². The number of nitrogens with two attached hydrogens (primary N) is 1. The van der Waals surface area contributed by atoms with Gasteiger partial charge in [-0.1, -0.05) is 35.6 Å². The maximum absolute atomic E-state index is 5.72. The summed E-state index contributed by atoms with van der Waals surface area (Å²) in [7, 11) is 0. The third-order valence-electron chi connectivity index (χ3n) is 2.52. The van der Waals surface area contributed by atoms with Crippen molar-refractivity contribution in [2.45, 2.75) is 6.92 Å². The number of halogens is 1. The molecule has 0 aliphatic carbocycles. The van der Waals surface area contributed by atoms with Crippen molar-refractivity contribution in [3.05, 3.63) is 36.4 Å². The topological polar surface area (TPSA) is 75.3 Å². The van der Waals surface area contributed by atoms with E-state index in [9.17, 15) is 0 Å². The van der Waals surface area contributed by atoms with Crippen LogP contribution < -0.4 is 16.4 Å². The highest BCUT2D eigenvalue weighted by Crippen LogP contribution is 2.24. The smallest absolute Gasteiger partial charge is 0.188 e. The fourth-order valence-corrected chi connectivity index (χ4v) is 2.48. The van der Waals surface area contributed by atoms with Gasteiger partial charge >= 0.3 is 0 Å². The summed E-state index contributed by atoms with van der Waals surface area (Å²) in [6.45, 7) is 7.69. The van der Waals surface area contributed by atoms with Gasteiger partial charge in [0.05, 0.1) is 16.8 Å². The summed E-state index contributed by atoms with van der Waals surface area (Å²) in [5.74, 6) is 0.444. The molecule has 7 heteroatoms. The van der Waals surface area contributed by atoms with Crippen molar-refractivity contribution in [3.63, 3.8) is 0 Å². The lowest BCUT2D eigenvalue weighted by Gasteiger charge is -2.06. The average molecular weight is 417 g/mol. The molecule has 1 aromatic heterocycles. The lowest BCUT2D eigenvalue weighted by Crippen LogP contribution is -2.35. The molecular formula is C14H20IN5S. The Morgan fingerprint density at radius 3 is 2.86 bits per heavy atom. The van der Waals surface area contributed by atoms with Crippen molar-refractivity contribution in [1.29, 1.82) is 0 Å². The first kappa shape index (κ1) is 17.7. The van der Waals surface area contributed by atoms with Gasteiger partial charge in [0.25, 0.3) is 0 Å². The fraction of sp³-hybridized carbons (Fsp3) is 0.286. The summed E-state index contributed by atoms with van der Waals surface area (Å²) >= 11 is 1.65. The molecule has 4 N–H and O–H groups in total. The summed E-state index contributed by atoms with van der Waals surface area (Å²) in [6, 6.07) is 8.09. The normalized spacial score (nSPS) is 11.0. The van der Waals surface area contributed by atoms with Crippen LogP contribution in [0.3, 0.4) is 0 Å². The molecule has 0 fully saturated rings. The molecule has 2 aromatic rings. The number of thiazole rings is 1. The summed E-state index contributed by atoms with van der Waals surface area (Å²) in [5.41, 5.74) is 7.73. The van der Waals surface area contributed by atoms with Crippen molar-refractivity contribution in [1.82, 2.24) is 10.3 Å². The molecule has 114 valence electrons. The molecule has 2 rings (SSSR count). The monoisotopic (exact) mass is 417 g/mol. The summed E-state index contributed by atoms with van der Waals surface area (Å²) in [4.78, 5) is 8.64. The highest BCUT2D eigenvalue weighted by Gasteiger charge is 2.01. The van der Waals surface area contributed by atoms with Crippen LogP contribution in [0.2, 0.25) is 0 Å². The van der Waals surface area contributed by atoms with Gasteiger partial charge in [0.2, 0.25) is 0 Å². The molecule has 1 aromatic carbocycles. The van der Waals surface area contributed by atoms with Gasteiger partial charge in [0, 0.05) is 13.1 Å². The standard InChI is InChI=1S/C14H19N5S.HI/c1-10(2)9-18-13(15)16-7-8-17-14-19-11-5-3-4-6-12(11)20-14;/h3-6H,1,7-9H2,2H3,(H,17,19)(H3,15,16,18);1H. The van der Waals surface area contributed by atoms with Crippen LogP contribution in [0, 0.1) is 0 Å². The molecular weight excluding hydrogens is 397 g/mol. The molecule has 1 heterocycles. The first-order valence-electron chi connectivity index (χ1n) is 6.43. The number of nitrogens with one attached hydrogen (secondary N) is 2. The molecule has 0 atom stereocenters. The van der Waals surface area contributed by atoms with Crippen molar-refractivity contribution in [2.75, 3.05) is 25.0 Å². The number of fused-ring (bicyclic) bond motifs is 1. The third kappa shape index (κ3) is 5.88. The molecule has 21 heavy (non-hydrogen) atoms. The Balaban J connectivity index is 0.00000220. The highest BCUT2D eigenvalue weighted by molar-refractivity contribution is 14.0. The third-order valence-corrected chi connectivity index (χ3v) is 3.51. The van der Waals surface area contributed by atoms with E-state index in [2.05, 4.69) is 33.3 Å². The van der Waals surface area contributed by atoms with Crippen LogP contribution in [0.4, 0.5) is 5.13 Å². The van der Waals surface area contributed by atoms with E-state index >= 15 is 0 Å². The van der Waals surface area contributed by atoms with E-state index in [0.717, 1.165) is 22.8 Å². The first-order chi connectivity index (χ1) is 9.65. The maximum atomic E-state index is 5.72. The van der Waals surface area contributed by atoms with Gasteiger partial charge in [0.1, 0.15) is 0 Å². The molecule has 0 bridgehead atoms. The number of para-hydroxylation sites is 1. The quantitative estimate of drug-likeness (QED) is 0.222. The second-order valence-electron chi connectivity index (χ2n) is 4.50. The Morgan fingerprint density at radius 1 is 1.38 bits per heavy atom. The number of aliphatic imine (C=N–C) groups is 1. The van der Waals surface area contributed by atoms with Crippen molar-refractivity contribution in [2.24, 2.45) is 10.7 Å². The maximum Gasteiger partial charge on any atom is 0.188 e. The molecule has 0 saturated heterocycles. The van der Waals surface area contributed by atoms with Crippen LogP contribution in [0.25, 0.3) is 10.2 Å². The lowest BCUT2D eigenvalue weighted by atomic mass is 10.3. The van der Waals surface area contributed by atoms with Gasteiger partial charge in [-0.05, 0) is 19.1 Å². The second-order valence-corrected chi connectivity index (χ2v) is 5.53. The summed E-state index contributed by atoms with van der Waals surface area (Å²) in [5, 5.41) is 7.24. The zero-order chi connectivity index (χ0) is 14.4. The van der Waals surface area contributed by atoms with Crippen molar-refractivity contribution < 1.29 is 0 Å². The number of hydrogen-bond acceptors (Lipinski definition) is 4. The Labute approximate surface area is 145 Å². The molecule has 5 nitrogen and oxygen atoms in total. The van der Waals surface area contributed by atoms with E-state index in [-0.39, 0.29) is 24.0 Å². The molecule has 0 aliphatic heterocycles. The number of anilines is 1. The Kier molecular flexibility index (Phi) is 7.44. The number of benzene rings is 1. The zero-order valence-electron chi connectivity index (χ0n) is 11.9. The Morgan fingerprint density at radius 2 is 2.14 bits per heavy atom. The van der Waals surface area contributed by atoms with Gasteiger partial charge < -0.3 is 16.4 Å². The average Bonchev–Trinajstić information content (AvgIpc) is 2.84. The lowest BCUT2D eigenvalue weighted by molar-refractivity contribution is 0.888. The van der Waals surface area contributed by atoms with Crippen LogP contribution in [0.1, 0.15) is 6.92 Å². The number of nitrogens with zero attached hydrogens (tertiary/aromatic N) is 2. The predicted molar refractivity (Wildman–Crippen MR) is 103 cm³/mol. The minimum atomic E-state index is 0. The van der Waals surface area contributed by atoms with E-state index < -0.39 is 0 Å². The van der Waals surface area contributed by atoms with E-state index in [4.69, 9.17) is 5.73 Å². The number of hydrogen-bond donors (Lipinski definition) is 3. The fourth-order valence-electron chi connectivity index (χ4n) is 1.58. The Hall–Kier alpha value is -1.35. The highest BCUT2D eigenvalue weighted by atomic mass is 127. The minimum Gasteiger partial charge on any atom is -0.370 e. The van der Waals surface area contributed by atoms with Crippen LogP contribution in [-0.2, 0) is 0 Å². The minimum absolute atomic E-state index is 0. The summed E-state index contributed by atoms with van der Waals surface area (Å²) < 4.78 is 1.19. The number of aromatic nitrogens is 1. The molecule has 0 aliphatic rings. The van der Waals surface area contributed by atoms with E-state index in [1.165, 1.54) is 4.70 Å². The summed E-state index contributed by atoms with van der Waals surface area (Å²) in [6.07, 6.45) is 0. The molecule has 0 saturated carbocycles.